The Labute approximate surface area is 126 Å². The van der Waals surface area contributed by atoms with Gasteiger partial charge in [0.1, 0.15) is 0 Å². The molecule has 21 heavy (non-hydrogen) atoms. The smallest absolute Gasteiger partial charge is 0.248 e. The SMILES string of the molecule is NC(=O)c1ccc(N)c(N2CCC3(CCCCC3)CC2)c1. The van der Waals surface area contributed by atoms with Gasteiger partial charge in [0.25, 0.3) is 0 Å². The first-order chi connectivity index (χ1) is 10.1. The van der Waals surface area contributed by atoms with Crippen LogP contribution in [-0.2, 0) is 0 Å². The molecule has 0 atom stereocenters. The molecule has 1 aliphatic carbocycles. The predicted molar refractivity (Wildman–Crippen MR) is 86.3 cm³/mol. The average molecular weight is 287 g/mol. The van der Waals surface area contributed by atoms with Gasteiger partial charge in [0.15, 0.2) is 0 Å². The topological polar surface area (TPSA) is 72.3 Å². The first-order valence-electron chi connectivity index (χ1n) is 8.04. The van der Waals surface area contributed by atoms with Crippen LogP contribution in [0, 0.1) is 5.41 Å². The largest absolute Gasteiger partial charge is 0.397 e. The Morgan fingerprint density at radius 1 is 1.05 bits per heavy atom. The summed E-state index contributed by atoms with van der Waals surface area (Å²) in [6.07, 6.45) is 9.44. The normalized spacial score (nSPS) is 21.4. The minimum atomic E-state index is -0.392. The second kappa shape index (κ2) is 5.58. The molecule has 1 saturated carbocycles. The lowest BCUT2D eigenvalue weighted by atomic mass is 9.68. The van der Waals surface area contributed by atoms with Gasteiger partial charge >= 0.3 is 0 Å². The third kappa shape index (κ3) is 2.85. The van der Waals surface area contributed by atoms with E-state index in [4.69, 9.17) is 11.5 Å². The van der Waals surface area contributed by atoms with Crippen LogP contribution in [-0.4, -0.2) is 19.0 Å². The van der Waals surface area contributed by atoms with Gasteiger partial charge in [-0.3, -0.25) is 4.79 Å². The van der Waals surface area contributed by atoms with E-state index >= 15 is 0 Å². The number of nitrogen functional groups attached to an aromatic ring is 1. The lowest BCUT2D eigenvalue weighted by Crippen LogP contribution is -2.41. The minimum absolute atomic E-state index is 0.392. The van der Waals surface area contributed by atoms with Gasteiger partial charge in [-0.25, -0.2) is 0 Å². The number of hydrogen-bond donors (Lipinski definition) is 2. The van der Waals surface area contributed by atoms with Crippen LogP contribution in [0.3, 0.4) is 0 Å². The minimum Gasteiger partial charge on any atom is -0.397 e. The van der Waals surface area contributed by atoms with E-state index in [1.165, 1.54) is 44.9 Å². The van der Waals surface area contributed by atoms with Crippen molar-refractivity contribution in [3.63, 3.8) is 0 Å². The Bertz CT molecular complexity index is 525. The maximum atomic E-state index is 11.4. The van der Waals surface area contributed by atoms with Crippen molar-refractivity contribution in [1.29, 1.82) is 0 Å². The summed E-state index contributed by atoms with van der Waals surface area (Å²) < 4.78 is 0. The van der Waals surface area contributed by atoms with E-state index < -0.39 is 5.91 Å². The number of primary amides is 1. The molecule has 0 bridgehead atoms. The fourth-order valence-corrected chi connectivity index (χ4v) is 3.99. The summed E-state index contributed by atoms with van der Waals surface area (Å²) in [5, 5.41) is 0. The first-order valence-corrected chi connectivity index (χ1v) is 8.04. The Balaban J connectivity index is 1.74. The number of nitrogens with zero attached hydrogens (tertiary/aromatic N) is 1. The zero-order valence-electron chi connectivity index (χ0n) is 12.6. The molecule has 4 N–H and O–H groups in total. The molecule has 0 aromatic heterocycles. The molecule has 1 spiro atoms. The van der Waals surface area contributed by atoms with E-state index in [0.29, 0.717) is 11.0 Å². The highest BCUT2D eigenvalue weighted by Crippen LogP contribution is 2.45. The van der Waals surface area contributed by atoms with Crippen molar-refractivity contribution >= 4 is 17.3 Å². The molecule has 3 rings (SSSR count). The number of piperidine rings is 1. The predicted octanol–water partition coefficient (Wildman–Crippen LogP) is 2.92. The number of anilines is 2. The quantitative estimate of drug-likeness (QED) is 0.821. The molecule has 2 fully saturated rings. The van der Waals surface area contributed by atoms with Crippen LogP contribution in [0.15, 0.2) is 18.2 Å². The number of benzene rings is 1. The Kier molecular flexibility index (Phi) is 3.79. The van der Waals surface area contributed by atoms with Crippen molar-refractivity contribution in [2.24, 2.45) is 11.1 Å². The number of carbonyl (C=O) groups excluding carboxylic acids is 1. The second-order valence-corrected chi connectivity index (χ2v) is 6.69. The van der Waals surface area contributed by atoms with Gasteiger partial charge in [-0.1, -0.05) is 19.3 Å². The maximum Gasteiger partial charge on any atom is 0.248 e. The molecule has 4 nitrogen and oxygen atoms in total. The summed E-state index contributed by atoms with van der Waals surface area (Å²) in [6, 6.07) is 5.34. The van der Waals surface area contributed by atoms with Crippen LogP contribution in [0.25, 0.3) is 0 Å². The molecule has 2 aliphatic rings. The number of carbonyl (C=O) groups is 1. The average Bonchev–Trinajstić information content (AvgIpc) is 2.49. The third-order valence-electron chi connectivity index (χ3n) is 5.39. The zero-order chi connectivity index (χ0) is 14.9. The van der Waals surface area contributed by atoms with Crippen molar-refractivity contribution in [2.75, 3.05) is 23.7 Å². The second-order valence-electron chi connectivity index (χ2n) is 6.69. The monoisotopic (exact) mass is 287 g/mol. The molecule has 114 valence electrons. The summed E-state index contributed by atoms with van der Waals surface area (Å²) in [6.45, 7) is 2.07. The molecular formula is C17H25N3O. The highest BCUT2D eigenvalue weighted by atomic mass is 16.1. The highest BCUT2D eigenvalue weighted by Gasteiger charge is 2.35. The van der Waals surface area contributed by atoms with Gasteiger partial charge in [0.2, 0.25) is 5.91 Å². The Morgan fingerprint density at radius 3 is 2.33 bits per heavy atom. The molecule has 0 radical (unpaired) electrons. The van der Waals surface area contributed by atoms with Crippen LogP contribution in [0.1, 0.15) is 55.3 Å². The highest BCUT2D eigenvalue weighted by molar-refractivity contribution is 5.95. The number of rotatable bonds is 2. The van der Waals surface area contributed by atoms with E-state index in [1.54, 1.807) is 12.1 Å². The molecule has 1 saturated heterocycles. The maximum absolute atomic E-state index is 11.4. The Morgan fingerprint density at radius 2 is 1.71 bits per heavy atom. The van der Waals surface area contributed by atoms with Crippen LogP contribution in [0.4, 0.5) is 11.4 Å². The third-order valence-corrected chi connectivity index (χ3v) is 5.39. The van der Waals surface area contributed by atoms with Crippen LogP contribution < -0.4 is 16.4 Å². The van der Waals surface area contributed by atoms with E-state index in [1.807, 2.05) is 6.07 Å². The fraction of sp³-hybridized carbons (Fsp3) is 0.588. The summed E-state index contributed by atoms with van der Waals surface area (Å²) in [4.78, 5) is 13.7. The van der Waals surface area contributed by atoms with E-state index in [0.717, 1.165) is 24.5 Å². The molecule has 1 aromatic carbocycles. The molecule has 1 amide bonds. The molecular weight excluding hydrogens is 262 g/mol. The van der Waals surface area contributed by atoms with Crippen molar-refractivity contribution in [1.82, 2.24) is 0 Å². The lowest BCUT2D eigenvalue weighted by molar-refractivity contribution is 0.1000. The van der Waals surface area contributed by atoms with Crippen molar-refractivity contribution < 1.29 is 4.79 Å². The van der Waals surface area contributed by atoms with E-state index in [-0.39, 0.29) is 0 Å². The fourth-order valence-electron chi connectivity index (χ4n) is 3.99. The zero-order valence-corrected chi connectivity index (χ0v) is 12.6. The standard InChI is InChI=1S/C17H25N3O/c18-14-5-4-13(16(19)21)12-15(14)20-10-8-17(9-11-20)6-2-1-3-7-17/h4-5,12H,1-3,6-11,18H2,(H2,19,21). The van der Waals surface area contributed by atoms with Gasteiger partial charge < -0.3 is 16.4 Å². The van der Waals surface area contributed by atoms with Crippen molar-refractivity contribution in [3.05, 3.63) is 23.8 Å². The molecule has 4 heteroatoms. The summed E-state index contributed by atoms with van der Waals surface area (Å²) >= 11 is 0. The molecule has 0 unspecified atom stereocenters. The molecule has 1 aliphatic heterocycles. The van der Waals surface area contributed by atoms with Crippen LogP contribution in [0.5, 0.6) is 0 Å². The molecule has 1 heterocycles. The van der Waals surface area contributed by atoms with E-state index in [9.17, 15) is 4.79 Å². The number of nitrogens with two attached hydrogens (primary N) is 2. The van der Waals surface area contributed by atoms with Gasteiger partial charge in [0, 0.05) is 18.7 Å². The van der Waals surface area contributed by atoms with Gasteiger partial charge in [-0.15, -0.1) is 0 Å². The van der Waals surface area contributed by atoms with Crippen LogP contribution >= 0.6 is 0 Å². The summed E-state index contributed by atoms with van der Waals surface area (Å²) in [5.41, 5.74) is 14.3. The van der Waals surface area contributed by atoms with Crippen LogP contribution in [0.2, 0.25) is 0 Å². The van der Waals surface area contributed by atoms with Crippen molar-refractivity contribution in [2.45, 2.75) is 44.9 Å². The number of amides is 1. The van der Waals surface area contributed by atoms with Gasteiger partial charge in [-0.05, 0) is 49.3 Å². The van der Waals surface area contributed by atoms with Gasteiger partial charge in [0.05, 0.1) is 11.4 Å². The summed E-state index contributed by atoms with van der Waals surface area (Å²) in [5.74, 6) is -0.392. The number of hydrogen-bond acceptors (Lipinski definition) is 3. The van der Waals surface area contributed by atoms with E-state index in [2.05, 4.69) is 4.90 Å². The first kappa shape index (κ1) is 14.2. The Hall–Kier alpha value is -1.71. The summed E-state index contributed by atoms with van der Waals surface area (Å²) in [7, 11) is 0. The lowest BCUT2D eigenvalue weighted by Gasteiger charge is -2.45. The molecule has 1 aromatic rings. The van der Waals surface area contributed by atoms with Gasteiger partial charge in [-0.2, -0.15) is 0 Å². The van der Waals surface area contributed by atoms with Crippen molar-refractivity contribution in [3.8, 4) is 0 Å².